The Kier molecular flexibility index (Phi) is 5.51. The summed E-state index contributed by atoms with van der Waals surface area (Å²) in [5.74, 6) is 0. The Hall–Kier alpha value is -0.650. The van der Waals surface area contributed by atoms with Crippen molar-refractivity contribution in [3.63, 3.8) is 0 Å². The highest BCUT2D eigenvalue weighted by atomic mass is 16.5. The van der Waals surface area contributed by atoms with Gasteiger partial charge in [-0.3, -0.25) is 9.69 Å². The summed E-state index contributed by atoms with van der Waals surface area (Å²) < 4.78 is 5.16. The molecule has 1 N–H and O–H groups in total. The molecule has 0 bridgehead atoms. The number of carbonyl (C=O) groups is 1. The van der Waals surface area contributed by atoms with Crippen LogP contribution in [0.3, 0.4) is 0 Å². The van der Waals surface area contributed by atoms with Gasteiger partial charge in [0.05, 0.1) is 19.8 Å². The summed E-state index contributed by atoms with van der Waals surface area (Å²) in [6.07, 6.45) is 0.902. The second-order valence-electron chi connectivity index (χ2n) is 3.32. The quantitative estimate of drug-likeness (QED) is 0.433. The molecule has 0 spiro atoms. The summed E-state index contributed by atoms with van der Waals surface area (Å²) in [7, 11) is 0. The van der Waals surface area contributed by atoms with Crippen molar-refractivity contribution >= 4 is 6.41 Å². The Morgan fingerprint density at radius 1 is 1.21 bits per heavy atom. The van der Waals surface area contributed by atoms with Gasteiger partial charge in [-0.15, -0.1) is 0 Å². The Balaban J connectivity index is 2.01. The lowest BCUT2D eigenvalue weighted by molar-refractivity contribution is -0.119. The molecule has 0 radical (unpaired) electrons. The van der Waals surface area contributed by atoms with E-state index in [-0.39, 0.29) is 6.61 Å². The molecule has 1 heterocycles. The molecule has 0 unspecified atom stereocenters. The maximum absolute atomic E-state index is 10.4. The molecule has 1 rings (SSSR count). The van der Waals surface area contributed by atoms with Gasteiger partial charge in [-0.2, -0.15) is 0 Å². The van der Waals surface area contributed by atoms with Crippen molar-refractivity contribution in [3.05, 3.63) is 0 Å². The van der Waals surface area contributed by atoms with Crippen LogP contribution < -0.4 is 0 Å². The van der Waals surface area contributed by atoms with Crippen LogP contribution in [0.5, 0.6) is 0 Å². The number of piperazine rings is 1. The minimum atomic E-state index is 0.0823. The molecule has 0 saturated carbocycles. The Bertz CT molecular complexity index is 158. The van der Waals surface area contributed by atoms with Crippen molar-refractivity contribution < 1.29 is 14.6 Å². The SMILES string of the molecule is O=CN1CCN(CCOCCO)CC1. The van der Waals surface area contributed by atoms with Crippen LogP contribution in [0.2, 0.25) is 0 Å². The molecule has 1 aliphatic heterocycles. The van der Waals surface area contributed by atoms with Crippen molar-refractivity contribution in [3.8, 4) is 0 Å². The molecule has 5 heteroatoms. The molecule has 5 nitrogen and oxygen atoms in total. The van der Waals surface area contributed by atoms with E-state index in [9.17, 15) is 4.79 Å². The van der Waals surface area contributed by atoms with Crippen molar-refractivity contribution in [2.75, 3.05) is 52.5 Å². The van der Waals surface area contributed by atoms with Crippen LogP contribution in [-0.2, 0) is 9.53 Å². The molecule has 0 aromatic heterocycles. The molecule has 14 heavy (non-hydrogen) atoms. The highest BCUT2D eigenvalue weighted by Gasteiger charge is 2.14. The van der Waals surface area contributed by atoms with Crippen molar-refractivity contribution in [1.82, 2.24) is 9.80 Å². The second kappa shape index (κ2) is 6.75. The molecule has 0 atom stereocenters. The standard InChI is InChI=1S/C9H18N2O3/c12-6-8-14-7-5-10-1-3-11(9-13)4-2-10/h9,12H,1-8H2. The number of amides is 1. The van der Waals surface area contributed by atoms with Crippen molar-refractivity contribution in [2.45, 2.75) is 0 Å². The molecule has 0 aliphatic carbocycles. The average Bonchev–Trinajstić information content (AvgIpc) is 2.25. The molecule has 82 valence electrons. The zero-order valence-electron chi connectivity index (χ0n) is 8.39. The summed E-state index contributed by atoms with van der Waals surface area (Å²) >= 11 is 0. The van der Waals surface area contributed by atoms with Gasteiger partial charge in [-0.05, 0) is 0 Å². The van der Waals surface area contributed by atoms with Gasteiger partial charge in [0.2, 0.25) is 6.41 Å². The summed E-state index contributed by atoms with van der Waals surface area (Å²) in [4.78, 5) is 14.5. The van der Waals surface area contributed by atoms with Crippen LogP contribution in [0.1, 0.15) is 0 Å². The van der Waals surface area contributed by atoms with E-state index in [1.165, 1.54) is 0 Å². The number of rotatable bonds is 6. The molecular formula is C9H18N2O3. The molecule has 0 aromatic carbocycles. The van der Waals surface area contributed by atoms with Crippen LogP contribution in [0.4, 0.5) is 0 Å². The predicted molar refractivity (Wildman–Crippen MR) is 52.0 cm³/mol. The van der Waals surface area contributed by atoms with Gasteiger partial charge in [0.15, 0.2) is 0 Å². The van der Waals surface area contributed by atoms with Gasteiger partial charge in [-0.25, -0.2) is 0 Å². The van der Waals surface area contributed by atoms with E-state index in [0.717, 1.165) is 39.1 Å². The van der Waals surface area contributed by atoms with E-state index in [4.69, 9.17) is 9.84 Å². The van der Waals surface area contributed by atoms with Gasteiger partial charge in [-0.1, -0.05) is 0 Å². The van der Waals surface area contributed by atoms with E-state index in [0.29, 0.717) is 13.2 Å². The van der Waals surface area contributed by atoms with Crippen LogP contribution >= 0.6 is 0 Å². The number of hydrogen-bond acceptors (Lipinski definition) is 4. The normalized spacial score (nSPS) is 18.5. The summed E-state index contributed by atoms with van der Waals surface area (Å²) in [5.41, 5.74) is 0. The lowest BCUT2D eigenvalue weighted by atomic mass is 10.3. The lowest BCUT2D eigenvalue weighted by Gasteiger charge is -2.32. The largest absolute Gasteiger partial charge is 0.394 e. The minimum absolute atomic E-state index is 0.0823. The third kappa shape index (κ3) is 4.04. The fourth-order valence-electron chi connectivity index (χ4n) is 1.45. The van der Waals surface area contributed by atoms with Crippen LogP contribution in [0.25, 0.3) is 0 Å². The fourth-order valence-corrected chi connectivity index (χ4v) is 1.45. The highest BCUT2D eigenvalue weighted by Crippen LogP contribution is 1.98. The molecular weight excluding hydrogens is 184 g/mol. The van der Waals surface area contributed by atoms with Crippen LogP contribution in [0, 0.1) is 0 Å². The smallest absolute Gasteiger partial charge is 0.209 e. The molecule has 1 fully saturated rings. The molecule has 1 amide bonds. The molecule has 0 aromatic rings. The lowest BCUT2D eigenvalue weighted by Crippen LogP contribution is -2.46. The van der Waals surface area contributed by atoms with E-state index in [1.807, 2.05) is 0 Å². The van der Waals surface area contributed by atoms with E-state index in [2.05, 4.69) is 4.90 Å². The van der Waals surface area contributed by atoms with E-state index in [1.54, 1.807) is 4.90 Å². The number of hydrogen-bond donors (Lipinski definition) is 1. The third-order valence-corrected chi connectivity index (χ3v) is 2.34. The first kappa shape index (κ1) is 11.4. The zero-order valence-corrected chi connectivity index (χ0v) is 8.39. The predicted octanol–water partition coefficient (Wildman–Crippen LogP) is -1.23. The van der Waals surface area contributed by atoms with Gasteiger partial charge >= 0.3 is 0 Å². The number of ether oxygens (including phenoxy) is 1. The minimum Gasteiger partial charge on any atom is -0.394 e. The van der Waals surface area contributed by atoms with E-state index < -0.39 is 0 Å². The summed E-state index contributed by atoms with van der Waals surface area (Å²) in [6.45, 7) is 5.48. The van der Waals surface area contributed by atoms with Crippen LogP contribution in [-0.4, -0.2) is 73.9 Å². The van der Waals surface area contributed by atoms with Crippen molar-refractivity contribution in [2.24, 2.45) is 0 Å². The Morgan fingerprint density at radius 2 is 1.93 bits per heavy atom. The van der Waals surface area contributed by atoms with Crippen molar-refractivity contribution in [1.29, 1.82) is 0 Å². The number of aliphatic hydroxyl groups is 1. The number of carbonyl (C=O) groups excluding carboxylic acids is 1. The first-order valence-electron chi connectivity index (χ1n) is 4.97. The Labute approximate surface area is 84.2 Å². The first-order chi connectivity index (χ1) is 6.86. The number of aliphatic hydroxyl groups excluding tert-OH is 1. The zero-order chi connectivity index (χ0) is 10.2. The van der Waals surface area contributed by atoms with E-state index >= 15 is 0 Å². The van der Waals surface area contributed by atoms with Gasteiger partial charge in [0.1, 0.15) is 0 Å². The van der Waals surface area contributed by atoms with Gasteiger partial charge in [0.25, 0.3) is 0 Å². The second-order valence-corrected chi connectivity index (χ2v) is 3.32. The maximum atomic E-state index is 10.4. The summed E-state index contributed by atoms with van der Waals surface area (Å²) in [6, 6.07) is 0. The highest BCUT2D eigenvalue weighted by molar-refractivity contribution is 5.47. The third-order valence-electron chi connectivity index (χ3n) is 2.34. The Morgan fingerprint density at radius 3 is 2.50 bits per heavy atom. The number of nitrogens with zero attached hydrogens (tertiary/aromatic N) is 2. The molecule has 1 aliphatic rings. The van der Waals surface area contributed by atoms with Crippen LogP contribution in [0.15, 0.2) is 0 Å². The monoisotopic (exact) mass is 202 g/mol. The fraction of sp³-hybridized carbons (Fsp3) is 0.889. The van der Waals surface area contributed by atoms with Gasteiger partial charge in [0, 0.05) is 32.7 Å². The topological polar surface area (TPSA) is 53.0 Å². The average molecular weight is 202 g/mol. The molecule has 1 saturated heterocycles. The van der Waals surface area contributed by atoms with Gasteiger partial charge < -0.3 is 14.7 Å². The first-order valence-corrected chi connectivity index (χ1v) is 4.97. The maximum Gasteiger partial charge on any atom is 0.209 e. The summed E-state index contributed by atoms with van der Waals surface area (Å²) in [5, 5.41) is 8.49.